The van der Waals surface area contributed by atoms with Gasteiger partial charge in [0.15, 0.2) is 11.6 Å². The molecular weight excluding hydrogens is 736 g/mol. The second-order valence-corrected chi connectivity index (χ2v) is 14.0. The zero-order chi connectivity index (χ0) is 39.9. The molecule has 13 heteroatoms. The smallest absolute Gasteiger partial charge is 0.246 e. The molecule has 0 unspecified atom stereocenters. The Labute approximate surface area is 335 Å². The highest BCUT2D eigenvalue weighted by Crippen LogP contribution is 2.29. The van der Waals surface area contributed by atoms with Crippen LogP contribution in [-0.2, 0) is 0 Å². The fourth-order valence-corrected chi connectivity index (χ4v) is 6.13. The van der Waals surface area contributed by atoms with Gasteiger partial charge in [-0.05, 0) is 149 Å². The Hall–Kier alpha value is -7.05. The Morgan fingerprint density at radius 3 is 1.33 bits per heavy atom. The van der Waals surface area contributed by atoms with E-state index in [1.807, 2.05) is 113 Å². The highest BCUT2D eigenvalue weighted by molar-refractivity contribution is 6.32. The van der Waals surface area contributed by atoms with Crippen molar-refractivity contribution in [1.82, 2.24) is 40.3 Å². The summed E-state index contributed by atoms with van der Waals surface area (Å²) in [5.74, 6) is 5.40. The van der Waals surface area contributed by atoms with E-state index in [1.54, 1.807) is 12.4 Å². The van der Waals surface area contributed by atoms with Crippen molar-refractivity contribution in [3.63, 3.8) is 0 Å². The van der Waals surface area contributed by atoms with Crippen LogP contribution in [0, 0.1) is 41.5 Å². The third-order valence-electron chi connectivity index (χ3n) is 8.60. The lowest BCUT2D eigenvalue weighted by Crippen LogP contribution is -1.94. The van der Waals surface area contributed by atoms with E-state index in [9.17, 15) is 0 Å². The fourth-order valence-electron chi connectivity index (χ4n) is 6.02. The lowest BCUT2D eigenvalue weighted by Gasteiger charge is -2.07. The van der Waals surface area contributed by atoms with Gasteiger partial charge in [-0.1, -0.05) is 17.7 Å². The van der Waals surface area contributed by atoms with Crippen LogP contribution in [0.4, 0.5) is 23.3 Å². The van der Waals surface area contributed by atoms with Gasteiger partial charge in [-0.3, -0.25) is 20.2 Å². The van der Waals surface area contributed by atoms with Crippen LogP contribution in [0.2, 0.25) is 5.02 Å². The molecule has 0 atom stereocenters. The van der Waals surface area contributed by atoms with Crippen LogP contribution in [0.3, 0.4) is 0 Å². The zero-order valence-corrected chi connectivity index (χ0v) is 33.1. The monoisotopic (exact) mass is 776 g/mol. The number of nitrogens with one attached hydrogen (secondary N) is 4. The first-order valence-electron chi connectivity index (χ1n) is 18.2. The van der Waals surface area contributed by atoms with Gasteiger partial charge in [0, 0.05) is 63.4 Å². The minimum atomic E-state index is 0.494. The Morgan fingerprint density at radius 2 is 0.912 bits per heavy atom. The predicted molar refractivity (Wildman–Crippen MR) is 225 cm³/mol. The van der Waals surface area contributed by atoms with Crippen molar-refractivity contribution in [2.45, 2.75) is 41.5 Å². The summed E-state index contributed by atoms with van der Waals surface area (Å²) in [5.41, 5.74) is 9.93. The maximum atomic E-state index is 6.23. The molecule has 4 aromatic carbocycles. The van der Waals surface area contributed by atoms with Crippen molar-refractivity contribution in [3.8, 4) is 45.8 Å². The van der Waals surface area contributed by atoms with Crippen LogP contribution in [0.25, 0.3) is 22.8 Å². The topological polar surface area (TPSA) is 151 Å². The summed E-state index contributed by atoms with van der Waals surface area (Å²) in [5, 5.41) is 21.7. The van der Waals surface area contributed by atoms with E-state index >= 15 is 0 Å². The number of halogens is 1. The molecule has 4 heterocycles. The van der Waals surface area contributed by atoms with Crippen molar-refractivity contribution in [1.29, 1.82) is 0 Å². The molecular formula is C44H41ClN10O2. The zero-order valence-electron chi connectivity index (χ0n) is 32.3. The van der Waals surface area contributed by atoms with Crippen molar-refractivity contribution >= 4 is 34.9 Å². The number of pyridine rings is 2. The first-order chi connectivity index (χ1) is 27.5. The molecule has 8 rings (SSSR count). The van der Waals surface area contributed by atoms with E-state index in [1.165, 1.54) is 11.1 Å². The number of hydrogen-bond acceptors (Lipinski definition) is 10. The number of hydrogen-bond donors (Lipinski definition) is 4. The summed E-state index contributed by atoms with van der Waals surface area (Å²) >= 11 is 6.23. The molecule has 0 aliphatic rings. The molecule has 4 N–H and O–H groups in total. The fraction of sp³-hybridized carbons (Fsp3) is 0.136. The second-order valence-electron chi connectivity index (χ2n) is 13.6. The normalized spacial score (nSPS) is 10.7. The minimum absolute atomic E-state index is 0.494. The number of aromatic nitrogens is 8. The number of anilines is 4. The van der Waals surface area contributed by atoms with E-state index < -0.39 is 0 Å². The van der Waals surface area contributed by atoms with Crippen molar-refractivity contribution in [2.24, 2.45) is 0 Å². The molecule has 12 nitrogen and oxygen atoms in total. The summed E-state index contributed by atoms with van der Waals surface area (Å²) < 4.78 is 11.7. The summed E-state index contributed by atoms with van der Waals surface area (Å²) in [6, 6.07) is 33.0. The number of ether oxygens (including phenoxy) is 2. The molecule has 8 aromatic rings. The predicted octanol–water partition coefficient (Wildman–Crippen LogP) is 11.3. The number of aryl methyl sites for hydroxylation is 6. The Kier molecular flexibility index (Phi) is 11.5. The third kappa shape index (κ3) is 10.2. The van der Waals surface area contributed by atoms with Crippen LogP contribution in [-0.4, -0.2) is 40.3 Å². The molecule has 0 aliphatic heterocycles. The van der Waals surface area contributed by atoms with Gasteiger partial charge in [0.05, 0.1) is 0 Å². The van der Waals surface area contributed by atoms with Gasteiger partial charge in [-0.25, -0.2) is 0 Å². The molecule has 0 bridgehead atoms. The highest BCUT2D eigenvalue weighted by atomic mass is 35.5. The van der Waals surface area contributed by atoms with Gasteiger partial charge in [0.25, 0.3) is 0 Å². The van der Waals surface area contributed by atoms with E-state index in [0.717, 1.165) is 73.0 Å². The minimum Gasteiger partial charge on any atom is -0.457 e. The van der Waals surface area contributed by atoms with Gasteiger partial charge in [-0.15, -0.1) is 10.2 Å². The number of benzene rings is 4. The van der Waals surface area contributed by atoms with E-state index in [4.69, 9.17) is 21.1 Å². The first kappa shape index (κ1) is 38.2. The van der Waals surface area contributed by atoms with Gasteiger partial charge in [0.2, 0.25) is 11.9 Å². The van der Waals surface area contributed by atoms with Gasteiger partial charge in [-0.2, -0.15) is 9.97 Å². The molecule has 57 heavy (non-hydrogen) atoms. The summed E-state index contributed by atoms with van der Waals surface area (Å²) in [7, 11) is 0. The van der Waals surface area contributed by atoms with Crippen LogP contribution in [0.5, 0.6) is 23.0 Å². The van der Waals surface area contributed by atoms with Crippen LogP contribution >= 0.6 is 11.6 Å². The third-order valence-corrected chi connectivity index (χ3v) is 9.20. The molecule has 0 spiro atoms. The summed E-state index contributed by atoms with van der Waals surface area (Å²) in [6.45, 7) is 11.9. The SMILES string of the molecule is Cc1cc(C)cc(Nc2n[nH]c(-c3ccc(Oc4ccnc(C)c4)cc3)n2)c1.Cc1cc(Oc2ccc(-c3nc(Nc4cc(C)c(Cl)c(C)c4)n[nH]3)cc2)ccn1. The summed E-state index contributed by atoms with van der Waals surface area (Å²) in [4.78, 5) is 17.4. The molecule has 0 fully saturated rings. The maximum Gasteiger partial charge on any atom is 0.246 e. The van der Waals surface area contributed by atoms with E-state index in [-0.39, 0.29) is 0 Å². The molecule has 0 saturated carbocycles. The quantitative estimate of drug-likeness (QED) is 0.106. The average molecular weight is 777 g/mol. The van der Waals surface area contributed by atoms with Gasteiger partial charge in [0.1, 0.15) is 23.0 Å². The standard InChI is InChI=1S/C22H20ClN5O.C22H21N5O/c1-13-10-17(11-14(2)20(13)23)25-22-26-21(27-28-22)16-4-6-18(7-5-16)29-19-8-9-24-15(3)12-19;1-14-10-15(2)12-18(11-14)24-22-25-21(26-27-22)17-4-6-19(7-5-17)28-20-8-9-23-16(3)13-20/h4-12H,1-3H3,(H2,25,26,27,28);4-13H,1-3H3,(H2,24,25,26,27). The number of aromatic amines is 2. The summed E-state index contributed by atoms with van der Waals surface area (Å²) in [6.07, 6.45) is 3.46. The van der Waals surface area contributed by atoms with E-state index in [2.05, 4.69) is 83.0 Å². The lowest BCUT2D eigenvalue weighted by atomic mass is 10.1. The average Bonchev–Trinajstić information content (AvgIpc) is 3.84. The Balaban J connectivity index is 0.000000174. The number of rotatable bonds is 10. The molecule has 0 saturated heterocycles. The van der Waals surface area contributed by atoms with E-state index in [0.29, 0.717) is 23.5 Å². The van der Waals surface area contributed by atoms with Crippen LogP contribution in [0.1, 0.15) is 33.6 Å². The van der Waals surface area contributed by atoms with Crippen LogP contribution in [0.15, 0.2) is 116 Å². The van der Waals surface area contributed by atoms with Gasteiger partial charge < -0.3 is 20.1 Å². The molecule has 286 valence electrons. The van der Waals surface area contributed by atoms with Crippen molar-refractivity contribution in [2.75, 3.05) is 10.6 Å². The lowest BCUT2D eigenvalue weighted by molar-refractivity contribution is 0.481. The Bertz CT molecular complexity index is 2580. The van der Waals surface area contributed by atoms with Crippen molar-refractivity contribution < 1.29 is 9.47 Å². The van der Waals surface area contributed by atoms with Crippen molar-refractivity contribution in [3.05, 3.63) is 154 Å². The first-order valence-corrected chi connectivity index (χ1v) is 18.6. The van der Waals surface area contributed by atoms with Gasteiger partial charge >= 0.3 is 0 Å². The van der Waals surface area contributed by atoms with Crippen LogP contribution < -0.4 is 20.1 Å². The molecule has 0 aliphatic carbocycles. The molecule has 4 aromatic heterocycles. The molecule has 0 amide bonds. The highest BCUT2D eigenvalue weighted by Gasteiger charge is 2.10. The maximum absolute atomic E-state index is 6.23. The molecule has 0 radical (unpaired) electrons. The second kappa shape index (κ2) is 17.2. The number of H-pyrrole nitrogens is 2. The Morgan fingerprint density at radius 1 is 0.491 bits per heavy atom. The largest absolute Gasteiger partial charge is 0.457 e. The number of nitrogens with zero attached hydrogens (tertiary/aromatic N) is 6.